The molecule has 145 heavy (non-hydrogen) atoms. The second-order valence-corrected chi connectivity index (χ2v) is 39.2. The molecule has 1 aliphatic rings. The Labute approximate surface area is 854 Å². The summed E-state index contributed by atoms with van der Waals surface area (Å²) in [6.07, 6.45) is 8.71. The minimum Gasteiger partial charge on any atom is -0.480 e. The molecule has 0 radical (unpaired) electrons. The van der Waals surface area contributed by atoms with E-state index in [4.69, 9.17) is 48.6 Å². The molecule has 46 heteroatoms. The predicted molar refractivity (Wildman–Crippen MR) is 546 cm³/mol. The molecule has 1 aromatic rings. The molecule has 17 atom stereocenters. The van der Waals surface area contributed by atoms with Crippen LogP contribution in [0.25, 0.3) is 0 Å². The van der Waals surface area contributed by atoms with Crippen molar-refractivity contribution in [2.24, 2.45) is 58.1 Å². The molecule has 0 aliphatic carbocycles. The molecule has 1 aliphatic heterocycles. The molecule has 0 unspecified atom stereocenters. The summed E-state index contributed by atoms with van der Waals surface area (Å²) < 4.78 is 16.2. The van der Waals surface area contributed by atoms with Gasteiger partial charge in [-0.3, -0.25) is 81.5 Å². The van der Waals surface area contributed by atoms with Crippen molar-refractivity contribution in [1.82, 2.24) is 90.4 Å². The Morgan fingerprint density at radius 3 is 1.32 bits per heavy atom. The van der Waals surface area contributed by atoms with E-state index >= 15 is 4.79 Å². The van der Waals surface area contributed by atoms with Crippen LogP contribution in [0.3, 0.4) is 0 Å². The highest BCUT2D eigenvalue weighted by molar-refractivity contribution is 6.02. The van der Waals surface area contributed by atoms with Crippen LogP contribution in [0.15, 0.2) is 42.5 Å². The molecule has 46 nitrogen and oxygen atoms in total. The van der Waals surface area contributed by atoms with E-state index in [9.17, 15) is 91.7 Å². The van der Waals surface area contributed by atoms with Gasteiger partial charge in [0.25, 0.3) is 0 Å². The molecule has 0 saturated carbocycles. The monoisotopic (exact) mass is 2050 g/mol. The molecule has 0 saturated heterocycles. The van der Waals surface area contributed by atoms with E-state index in [1.54, 1.807) is 97.9 Å². The highest BCUT2D eigenvalue weighted by Gasteiger charge is 2.44. The zero-order chi connectivity index (χ0) is 109. The van der Waals surface area contributed by atoms with Crippen molar-refractivity contribution in [3.8, 4) is 0 Å². The lowest BCUT2D eigenvalue weighted by Crippen LogP contribution is -2.65. The summed E-state index contributed by atoms with van der Waals surface area (Å²) >= 11 is 0. The fraction of sp³-hybridized carbons (Fsp3) is 0.737. The van der Waals surface area contributed by atoms with Crippen LogP contribution in [0.5, 0.6) is 0 Å². The Kier molecular flexibility index (Phi) is 64.2. The molecule has 1 aromatic carbocycles. The number of aliphatic hydroxyl groups excluding tert-OH is 1. The average molecular weight is 2060 g/mol. The highest BCUT2D eigenvalue weighted by Crippen LogP contribution is 2.23. The van der Waals surface area contributed by atoms with E-state index < -0.39 is 227 Å². The second kappa shape index (κ2) is 71.5. The molecule has 0 fully saturated rings. The van der Waals surface area contributed by atoms with Gasteiger partial charge in [-0.1, -0.05) is 97.9 Å². The van der Waals surface area contributed by atoms with Gasteiger partial charge in [0.05, 0.1) is 39.6 Å². The quantitative estimate of drug-likeness (QED) is 0.0242. The highest BCUT2D eigenvalue weighted by atomic mass is 16.5. The Morgan fingerprint density at radius 2 is 0.828 bits per heavy atom. The van der Waals surface area contributed by atoms with Crippen LogP contribution in [-0.4, -0.2) is 304 Å². The summed E-state index contributed by atoms with van der Waals surface area (Å²) in [5.41, 5.74) is 31.3. The van der Waals surface area contributed by atoms with Gasteiger partial charge in [0.1, 0.15) is 108 Å². The van der Waals surface area contributed by atoms with Crippen molar-refractivity contribution in [1.29, 1.82) is 0 Å². The van der Waals surface area contributed by atoms with Gasteiger partial charge in [-0.2, -0.15) is 0 Å². The Balaban J connectivity index is 2.55. The number of aliphatic carboxylic acids is 1. The number of hydrogen-bond donors (Lipinski definition) is 25. The summed E-state index contributed by atoms with van der Waals surface area (Å²) in [5, 5.41) is 66.2. The number of carboxylic acids is 1. The molecule has 0 spiro atoms. The lowest BCUT2D eigenvalue weighted by Gasteiger charge is -2.33. The average Bonchev–Trinajstić information content (AvgIpc) is 0.892. The molecule has 0 aromatic heterocycles. The molecular weight excluding hydrogens is 1880 g/mol. The number of ether oxygens (including phenoxy) is 3. The van der Waals surface area contributed by atoms with Crippen LogP contribution in [0.2, 0.25) is 0 Å². The van der Waals surface area contributed by atoms with Crippen LogP contribution in [0, 0.1) is 23.7 Å². The normalized spacial score (nSPS) is 19.4. The van der Waals surface area contributed by atoms with E-state index in [0.717, 1.165) is 0 Å². The molecule has 824 valence electrons. The fourth-order valence-corrected chi connectivity index (χ4v) is 15.6. The number of amides is 17. The zero-order valence-electron chi connectivity index (χ0n) is 87.8. The number of aliphatic hydroxyl groups is 1. The first-order valence-electron chi connectivity index (χ1n) is 51.3. The number of hydrogen-bond acceptors (Lipinski definition) is 28. The Hall–Kier alpha value is -11.0. The van der Waals surface area contributed by atoms with Crippen LogP contribution in [-0.2, 0) is 107 Å². The first-order chi connectivity index (χ1) is 68.7. The van der Waals surface area contributed by atoms with Crippen molar-refractivity contribution in [2.75, 3.05) is 85.5 Å². The van der Waals surface area contributed by atoms with Crippen LogP contribution < -0.4 is 125 Å². The number of rotatable bonds is 66. The molecule has 17 amide bonds. The van der Waals surface area contributed by atoms with Gasteiger partial charge in [0.15, 0.2) is 0 Å². The maximum Gasteiger partial charge on any atom is 0.326 e. The lowest BCUT2D eigenvalue weighted by molar-refractivity contribution is -0.142. The number of nitrogens with two attached hydrogens (primary N) is 6. The number of nitrogens with one attached hydrogen (secondary N) is 17. The van der Waals surface area contributed by atoms with Crippen molar-refractivity contribution < 1.29 is 111 Å². The molecule has 2 rings (SSSR count). The van der Waals surface area contributed by atoms with E-state index in [1.165, 1.54) is 41.5 Å². The predicted octanol–water partition coefficient (Wildman–Crippen LogP) is -2.23. The number of benzene rings is 1. The second-order valence-electron chi connectivity index (χ2n) is 39.2. The van der Waals surface area contributed by atoms with Gasteiger partial charge in [-0.15, -0.1) is 0 Å². The Morgan fingerprint density at radius 1 is 0.414 bits per heavy atom. The van der Waals surface area contributed by atoms with Crippen molar-refractivity contribution in [2.45, 2.75) is 359 Å². The standard InChI is InChI=1S/C99H175N23O23/c1-60(2)54-74(116-87(131)71(38-24-31-45-102)112-85(129)69(36-22-29-43-100)110-79(124)59-145-53-52-144-51-50-143-49-48-105)88(132)107-65(10)82(126)111-70(37-23-30-44-101)86(130)118-77(57-68-34-20-19-21-35-68)90(134)117-76(56-62(5)6)91(135)120-80(63(7)8)94(138)119-78(58-123)93(137)122-99(14)42-28-18-16-15-17-27-41-98(13,96(141)108-66(11)81(125)106-64(9)83(127)114-73(95(139)140)40-26-33-47-104)121-92(136)72(39-25-32-46-103)113-89(133)75(55-61(3)4)115-84(128)67(12)109-97(99)142/h15-16,19-21,34-35,60-67,69-78,80,123H,17-18,22-33,36-59,100-105H2,1-14H3,(H,106,125)(H,107,132)(H,108,141)(H,109,142)(H,110,124)(H,111,126)(H,112,129)(H,113,133)(H,114,127)(H,115,128)(H,116,131)(H,117,134)(H,118,130)(H,119,138)(H,120,135)(H,121,136)(H,122,137)(H,139,140)/b16-15+/t64-,65-,66-,67-,69-,70-,71-,72-,73-,74-,75-,76-,77-,78-,80-,98-,99-/m0/s1. The number of allylic oxidation sites excluding steroid dienone is 2. The summed E-state index contributed by atoms with van der Waals surface area (Å²) in [6, 6.07) is -11.9. The maximum atomic E-state index is 15.0. The van der Waals surface area contributed by atoms with Gasteiger partial charge in [-0.25, -0.2) is 4.79 Å². The third kappa shape index (κ3) is 51.8. The number of carbonyl (C=O) groups is 18. The molecule has 0 bridgehead atoms. The van der Waals surface area contributed by atoms with Crippen molar-refractivity contribution in [3.05, 3.63) is 48.0 Å². The third-order valence-corrected chi connectivity index (χ3v) is 24.2. The smallest absolute Gasteiger partial charge is 0.326 e. The van der Waals surface area contributed by atoms with Gasteiger partial charge < -0.3 is 149 Å². The van der Waals surface area contributed by atoms with E-state index in [2.05, 4.69) is 90.4 Å². The van der Waals surface area contributed by atoms with Gasteiger partial charge in [0, 0.05) is 13.0 Å². The largest absolute Gasteiger partial charge is 0.480 e. The summed E-state index contributed by atoms with van der Waals surface area (Å²) in [5.74, 6) is -16.9. The van der Waals surface area contributed by atoms with Gasteiger partial charge in [-0.05, 0) is 258 Å². The summed E-state index contributed by atoms with van der Waals surface area (Å²) in [6.45, 7) is 23.5. The van der Waals surface area contributed by atoms with E-state index in [1.807, 2.05) is 0 Å². The van der Waals surface area contributed by atoms with E-state index in [-0.39, 0.29) is 147 Å². The zero-order valence-corrected chi connectivity index (χ0v) is 87.8. The van der Waals surface area contributed by atoms with Gasteiger partial charge >= 0.3 is 5.97 Å². The Bertz CT molecular complexity index is 4210. The van der Waals surface area contributed by atoms with E-state index in [0.29, 0.717) is 109 Å². The fourth-order valence-electron chi connectivity index (χ4n) is 15.6. The third-order valence-electron chi connectivity index (χ3n) is 24.2. The SMILES string of the molecule is CC(C)C[C@@H]1NC(=O)[C@H](C)NC(=O)[C@@](C)(NC(=O)[C@H](CO)NC(=O)[C@@H](NC(=O)[C@H](CC(C)C)NC(=O)[C@H](Cc2ccccc2)NC(=O)[C@H](CCCCN)NC(=O)[C@H](C)NC(=O)[C@H](CC(C)C)NC(=O)[C@H](CCCCN)NC(=O)[C@H](CCCCN)NC(=O)COCCOCCOCCN)C(C)C)CCC/C=C/CCC[C@@](C)(C(=O)N[C@@H](C)C(=O)N[C@@H](C)C(=O)N[C@@H](CCCCN)C(=O)O)NC(=O)[C@H](CCCCN)NC1=O. The van der Waals surface area contributed by atoms with Gasteiger partial charge in [0.2, 0.25) is 100 Å². The maximum absolute atomic E-state index is 15.0. The van der Waals surface area contributed by atoms with Crippen molar-refractivity contribution >= 4 is 106 Å². The number of carboxylic acid groups (broad SMARTS) is 1. The first kappa shape index (κ1) is 130. The summed E-state index contributed by atoms with van der Waals surface area (Å²) in [7, 11) is 0. The molecule has 1 heterocycles. The van der Waals surface area contributed by atoms with Crippen LogP contribution in [0.4, 0.5) is 0 Å². The van der Waals surface area contributed by atoms with Crippen LogP contribution >= 0.6 is 0 Å². The molecule has 31 N–H and O–H groups in total. The minimum atomic E-state index is -1.93. The topological polar surface area (TPSA) is 736 Å². The number of carbonyl (C=O) groups excluding carboxylic acids is 17. The van der Waals surface area contributed by atoms with Crippen molar-refractivity contribution in [3.63, 3.8) is 0 Å². The lowest BCUT2D eigenvalue weighted by atomic mass is 9.91. The van der Waals surface area contributed by atoms with Crippen LogP contribution in [0.1, 0.15) is 257 Å². The first-order valence-corrected chi connectivity index (χ1v) is 51.3. The summed E-state index contributed by atoms with van der Waals surface area (Å²) in [4.78, 5) is 256. The minimum absolute atomic E-state index is 0.0152. The number of unbranched alkanes of at least 4 members (excludes halogenated alkanes) is 5. The molecular formula is C99H175N23O23.